The van der Waals surface area contributed by atoms with Gasteiger partial charge in [-0.2, -0.15) is 0 Å². The molecular formula is C20H19ClFN5O. The van der Waals surface area contributed by atoms with Gasteiger partial charge in [-0.25, -0.2) is 14.4 Å². The lowest BCUT2D eigenvalue weighted by atomic mass is 10.1. The molecule has 1 fully saturated rings. The van der Waals surface area contributed by atoms with Crippen LogP contribution in [0.3, 0.4) is 0 Å². The lowest BCUT2D eigenvalue weighted by Gasteiger charge is -2.35. The Morgan fingerprint density at radius 3 is 2.39 bits per heavy atom. The van der Waals surface area contributed by atoms with Gasteiger partial charge in [-0.05, 0) is 37.3 Å². The molecule has 1 aliphatic heterocycles. The molecule has 1 saturated heterocycles. The Bertz CT molecular complexity index is 1000. The van der Waals surface area contributed by atoms with Gasteiger partial charge in [0.1, 0.15) is 23.3 Å². The maximum Gasteiger partial charge on any atom is 0.255 e. The van der Waals surface area contributed by atoms with Gasteiger partial charge in [0.05, 0.1) is 10.6 Å². The van der Waals surface area contributed by atoms with E-state index in [1.807, 2.05) is 42.1 Å². The van der Waals surface area contributed by atoms with E-state index in [1.54, 1.807) is 4.90 Å². The van der Waals surface area contributed by atoms with Crippen LogP contribution in [0.1, 0.15) is 16.2 Å². The lowest BCUT2D eigenvalue weighted by molar-refractivity contribution is 0.0746. The summed E-state index contributed by atoms with van der Waals surface area (Å²) in [7, 11) is 0. The van der Waals surface area contributed by atoms with Crippen molar-refractivity contribution in [3.63, 3.8) is 0 Å². The Balaban J connectivity index is 1.48. The van der Waals surface area contributed by atoms with Gasteiger partial charge in [0.25, 0.3) is 5.91 Å². The van der Waals surface area contributed by atoms with Crippen LogP contribution in [0.2, 0.25) is 5.02 Å². The van der Waals surface area contributed by atoms with E-state index < -0.39 is 5.82 Å². The Kier molecular flexibility index (Phi) is 5.00. The number of aromatic nitrogens is 3. The van der Waals surface area contributed by atoms with Gasteiger partial charge in [0, 0.05) is 44.6 Å². The van der Waals surface area contributed by atoms with Crippen LogP contribution in [0.25, 0.3) is 5.82 Å². The van der Waals surface area contributed by atoms with Gasteiger partial charge in [-0.15, -0.1) is 0 Å². The summed E-state index contributed by atoms with van der Waals surface area (Å²) in [6.07, 6.45) is 3.88. The Labute approximate surface area is 167 Å². The SMILES string of the molecule is Cc1nc(N2CCN(C(=O)c3ccc(F)cc3Cl)CC2)cc(-n2cccc2)n1. The molecule has 4 rings (SSSR count). The van der Waals surface area contributed by atoms with Crippen molar-refractivity contribution in [2.45, 2.75) is 6.92 Å². The molecule has 1 amide bonds. The van der Waals surface area contributed by atoms with Crippen molar-refractivity contribution in [3.8, 4) is 5.82 Å². The maximum absolute atomic E-state index is 13.2. The standard InChI is InChI=1S/C20H19ClFN5O/c1-14-23-18(25-6-2-3-7-25)13-19(24-14)26-8-10-27(11-9-26)20(28)16-5-4-15(22)12-17(16)21/h2-7,12-13H,8-11H2,1H3. The highest BCUT2D eigenvalue weighted by atomic mass is 35.5. The number of amides is 1. The van der Waals surface area contributed by atoms with E-state index in [-0.39, 0.29) is 10.9 Å². The fourth-order valence-electron chi connectivity index (χ4n) is 3.29. The molecule has 2 aromatic heterocycles. The van der Waals surface area contributed by atoms with Crippen LogP contribution in [0.5, 0.6) is 0 Å². The molecule has 0 aliphatic carbocycles. The van der Waals surface area contributed by atoms with Gasteiger partial charge in [0.2, 0.25) is 0 Å². The molecule has 28 heavy (non-hydrogen) atoms. The van der Waals surface area contributed by atoms with Crippen molar-refractivity contribution in [2.24, 2.45) is 0 Å². The third-order valence-corrected chi connectivity index (χ3v) is 5.05. The fourth-order valence-corrected chi connectivity index (χ4v) is 3.54. The molecule has 6 nitrogen and oxygen atoms in total. The van der Waals surface area contributed by atoms with Gasteiger partial charge < -0.3 is 14.4 Å². The molecule has 0 saturated carbocycles. The van der Waals surface area contributed by atoms with Crippen molar-refractivity contribution >= 4 is 23.3 Å². The second-order valence-electron chi connectivity index (χ2n) is 6.63. The molecule has 144 valence electrons. The Morgan fingerprint density at radius 1 is 1.04 bits per heavy atom. The topological polar surface area (TPSA) is 54.3 Å². The second kappa shape index (κ2) is 7.59. The van der Waals surface area contributed by atoms with Crippen LogP contribution in [-0.2, 0) is 0 Å². The minimum atomic E-state index is -0.455. The van der Waals surface area contributed by atoms with Gasteiger partial charge in [-0.1, -0.05) is 11.6 Å². The largest absolute Gasteiger partial charge is 0.353 e. The van der Waals surface area contributed by atoms with Crippen LogP contribution in [0.4, 0.5) is 10.2 Å². The highest BCUT2D eigenvalue weighted by Crippen LogP contribution is 2.22. The molecule has 0 radical (unpaired) electrons. The van der Waals surface area contributed by atoms with E-state index >= 15 is 0 Å². The van der Waals surface area contributed by atoms with E-state index in [4.69, 9.17) is 11.6 Å². The quantitative estimate of drug-likeness (QED) is 0.678. The molecule has 0 atom stereocenters. The van der Waals surface area contributed by atoms with Gasteiger partial charge in [0.15, 0.2) is 0 Å². The highest BCUT2D eigenvalue weighted by molar-refractivity contribution is 6.33. The summed E-state index contributed by atoms with van der Waals surface area (Å²) in [5, 5.41) is 0.134. The average Bonchev–Trinajstić information content (AvgIpc) is 3.22. The molecule has 1 aromatic carbocycles. The van der Waals surface area contributed by atoms with Gasteiger partial charge in [-0.3, -0.25) is 4.79 Å². The van der Waals surface area contributed by atoms with Crippen LogP contribution in [0, 0.1) is 12.7 Å². The fraction of sp³-hybridized carbons (Fsp3) is 0.250. The first-order valence-corrected chi connectivity index (χ1v) is 9.37. The predicted octanol–water partition coefficient (Wildman–Crippen LogP) is 3.33. The van der Waals surface area contributed by atoms with Crippen LogP contribution < -0.4 is 4.90 Å². The number of nitrogens with zero attached hydrogens (tertiary/aromatic N) is 5. The Morgan fingerprint density at radius 2 is 1.71 bits per heavy atom. The molecule has 0 unspecified atom stereocenters. The number of carbonyl (C=O) groups is 1. The minimum Gasteiger partial charge on any atom is -0.353 e. The number of carbonyl (C=O) groups excluding carboxylic acids is 1. The van der Waals surface area contributed by atoms with E-state index in [0.29, 0.717) is 37.6 Å². The molecule has 3 heterocycles. The number of hydrogen-bond acceptors (Lipinski definition) is 4. The predicted molar refractivity (Wildman–Crippen MR) is 106 cm³/mol. The molecule has 1 aliphatic rings. The first kappa shape index (κ1) is 18.4. The average molecular weight is 400 g/mol. The first-order valence-electron chi connectivity index (χ1n) is 8.99. The normalized spacial score (nSPS) is 14.4. The molecule has 8 heteroatoms. The van der Waals surface area contributed by atoms with Gasteiger partial charge >= 0.3 is 0 Å². The van der Waals surface area contributed by atoms with E-state index in [9.17, 15) is 9.18 Å². The summed E-state index contributed by atoms with van der Waals surface area (Å²) in [6, 6.07) is 9.69. The molecule has 0 bridgehead atoms. The summed E-state index contributed by atoms with van der Waals surface area (Å²) in [5.74, 6) is 1.70. The summed E-state index contributed by atoms with van der Waals surface area (Å²) in [4.78, 5) is 25.6. The number of piperazine rings is 1. The van der Waals surface area contributed by atoms with Crippen LogP contribution in [0.15, 0.2) is 48.8 Å². The Hall–Kier alpha value is -2.93. The zero-order chi connectivity index (χ0) is 19.7. The molecular weight excluding hydrogens is 381 g/mol. The van der Waals surface area contributed by atoms with Crippen molar-refractivity contribution in [1.82, 2.24) is 19.4 Å². The molecule has 3 aromatic rings. The van der Waals surface area contributed by atoms with E-state index in [1.165, 1.54) is 12.1 Å². The maximum atomic E-state index is 13.2. The van der Waals surface area contributed by atoms with E-state index in [2.05, 4.69) is 14.9 Å². The third kappa shape index (κ3) is 3.71. The third-order valence-electron chi connectivity index (χ3n) is 4.73. The van der Waals surface area contributed by atoms with Crippen molar-refractivity contribution < 1.29 is 9.18 Å². The second-order valence-corrected chi connectivity index (χ2v) is 7.03. The zero-order valence-electron chi connectivity index (χ0n) is 15.3. The first-order chi connectivity index (χ1) is 13.5. The molecule has 0 spiro atoms. The number of anilines is 1. The van der Waals surface area contributed by atoms with Crippen molar-refractivity contribution in [1.29, 1.82) is 0 Å². The smallest absolute Gasteiger partial charge is 0.255 e. The highest BCUT2D eigenvalue weighted by Gasteiger charge is 2.25. The number of benzene rings is 1. The zero-order valence-corrected chi connectivity index (χ0v) is 16.1. The monoisotopic (exact) mass is 399 g/mol. The summed E-state index contributed by atoms with van der Waals surface area (Å²) in [6.45, 7) is 4.23. The van der Waals surface area contributed by atoms with Crippen LogP contribution in [-0.4, -0.2) is 51.5 Å². The lowest BCUT2D eigenvalue weighted by Crippen LogP contribution is -2.49. The minimum absolute atomic E-state index is 0.134. The summed E-state index contributed by atoms with van der Waals surface area (Å²) in [5.41, 5.74) is 0.323. The van der Waals surface area contributed by atoms with Crippen molar-refractivity contribution in [3.05, 3.63) is 71.0 Å². The number of rotatable bonds is 3. The van der Waals surface area contributed by atoms with Crippen molar-refractivity contribution in [2.75, 3.05) is 31.1 Å². The summed E-state index contributed by atoms with van der Waals surface area (Å²) >= 11 is 6.03. The number of hydrogen-bond donors (Lipinski definition) is 0. The number of aryl methyl sites for hydroxylation is 1. The van der Waals surface area contributed by atoms with Crippen LogP contribution >= 0.6 is 11.6 Å². The number of halogens is 2. The molecule has 0 N–H and O–H groups in total. The summed E-state index contributed by atoms with van der Waals surface area (Å²) < 4.78 is 15.2. The van der Waals surface area contributed by atoms with E-state index in [0.717, 1.165) is 17.7 Å².